The van der Waals surface area contributed by atoms with Gasteiger partial charge in [0.05, 0.1) is 5.54 Å². The van der Waals surface area contributed by atoms with Crippen molar-refractivity contribution in [1.82, 2.24) is 0 Å². The highest BCUT2D eigenvalue weighted by Crippen LogP contribution is 2.35. The summed E-state index contributed by atoms with van der Waals surface area (Å²) in [5.74, 6) is 1.03. The first kappa shape index (κ1) is 21.7. The Morgan fingerprint density at radius 1 is 1.12 bits per heavy atom. The van der Waals surface area contributed by atoms with Crippen molar-refractivity contribution in [3.63, 3.8) is 0 Å². The normalized spacial score (nSPS) is 19.2. The summed E-state index contributed by atoms with van der Waals surface area (Å²) in [5.41, 5.74) is 9.45. The Bertz CT molecular complexity index is 694. The Morgan fingerprint density at radius 2 is 1.88 bits per heavy atom. The molecule has 0 amide bonds. The first-order chi connectivity index (χ1) is 11.2. The summed E-state index contributed by atoms with van der Waals surface area (Å²) in [4.78, 5) is 4.68. The minimum absolute atomic E-state index is 0. The summed E-state index contributed by atoms with van der Waals surface area (Å²) in [7, 11) is 0. The van der Waals surface area contributed by atoms with Gasteiger partial charge in [0.25, 0.3) is 0 Å². The fourth-order valence-electron chi connectivity index (χ4n) is 2.85. The van der Waals surface area contributed by atoms with Crippen LogP contribution in [0.5, 0.6) is 0 Å². The van der Waals surface area contributed by atoms with Gasteiger partial charge in [-0.1, -0.05) is 54.2 Å². The minimum Gasteiger partial charge on any atom is -0.385 e. The zero-order valence-electron chi connectivity index (χ0n) is 14.3. The van der Waals surface area contributed by atoms with Crippen molar-refractivity contribution >= 4 is 47.4 Å². The van der Waals surface area contributed by atoms with Crippen LogP contribution in [0, 0.1) is 0 Å². The van der Waals surface area contributed by atoms with Crippen LogP contribution in [0.15, 0.2) is 59.6 Å². The third-order valence-corrected chi connectivity index (χ3v) is 5.06. The van der Waals surface area contributed by atoms with Gasteiger partial charge in [-0.05, 0) is 43.0 Å². The van der Waals surface area contributed by atoms with Gasteiger partial charge >= 0.3 is 0 Å². The lowest BCUT2D eigenvalue weighted by atomic mass is 9.89. The SMILES string of the molecule is CC1(c2cccc(NCCc3ccccc3)c2)CCSC(N)=N1.Cl.Cl. The molecule has 0 saturated heterocycles. The molecular formula is C19H25Cl2N3S. The van der Waals surface area contributed by atoms with Gasteiger partial charge in [0.1, 0.15) is 0 Å². The van der Waals surface area contributed by atoms with Crippen molar-refractivity contribution in [3.05, 3.63) is 65.7 Å². The Labute approximate surface area is 166 Å². The van der Waals surface area contributed by atoms with Gasteiger partial charge in [0.2, 0.25) is 0 Å². The highest BCUT2D eigenvalue weighted by Gasteiger charge is 2.29. The van der Waals surface area contributed by atoms with Crippen molar-refractivity contribution in [2.24, 2.45) is 10.7 Å². The Balaban J connectivity index is 0.00000156. The van der Waals surface area contributed by atoms with Crippen LogP contribution >= 0.6 is 36.6 Å². The number of rotatable bonds is 5. The lowest BCUT2D eigenvalue weighted by Gasteiger charge is -2.30. The molecule has 0 aromatic heterocycles. The molecule has 6 heteroatoms. The Kier molecular flexibility index (Phi) is 8.63. The van der Waals surface area contributed by atoms with E-state index in [0.29, 0.717) is 5.17 Å². The monoisotopic (exact) mass is 397 g/mol. The molecule has 0 fully saturated rings. The quantitative estimate of drug-likeness (QED) is 0.757. The molecule has 1 aliphatic heterocycles. The van der Waals surface area contributed by atoms with E-state index in [1.54, 1.807) is 11.8 Å². The number of hydrogen-bond donors (Lipinski definition) is 2. The summed E-state index contributed by atoms with van der Waals surface area (Å²) in [6.07, 6.45) is 2.04. The highest BCUT2D eigenvalue weighted by molar-refractivity contribution is 8.13. The number of halogens is 2. The molecular weight excluding hydrogens is 373 g/mol. The highest BCUT2D eigenvalue weighted by atomic mass is 35.5. The second kappa shape index (κ2) is 9.95. The lowest BCUT2D eigenvalue weighted by molar-refractivity contribution is 0.482. The molecule has 25 heavy (non-hydrogen) atoms. The lowest BCUT2D eigenvalue weighted by Crippen LogP contribution is -2.28. The smallest absolute Gasteiger partial charge is 0.154 e. The molecule has 2 aromatic rings. The maximum absolute atomic E-state index is 5.93. The molecule has 3 N–H and O–H groups in total. The predicted octanol–water partition coefficient (Wildman–Crippen LogP) is 4.85. The van der Waals surface area contributed by atoms with E-state index in [1.165, 1.54) is 11.1 Å². The molecule has 0 radical (unpaired) electrons. The third-order valence-electron chi connectivity index (χ3n) is 4.27. The van der Waals surface area contributed by atoms with E-state index >= 15 is 0 Å². The van der Waals surface area contributed by atoms with Crippen LogP contribution in [-0.2, 0) is 12.0 Å². The number of nitrogens with zero attached hydrogens (tertiary/aromatic N) is 1. The van der Waals surface area contributed by atoms with E-state index in [0.717, 1.165) is 30.8 Å². The maximum Gasteiger partial charge on any atom is 0.154 e. The molecule has 0 bridgehead atoms. The summed E-state index contributed by atoms with van der Waals surface area (Å²) < 4.78 is 0. The number of benzene rings is 2. The summed E-state index contributed by atoms with van der Waals surface area (Å²) in [5, 5.41) is 4.21. The van der Waals surface area contributed by atoms with Gasteiger partial charge in [-0.3, -0.25) is 4.99 Å². The Hall–Kier alpha value is -1.36. The van der Waals surface area contributed by atoms with Crippen LogP contribution < -0.4 is 11.1 Å². The van der Waals surface area contributed by atoms with Crippen LogP contribution in [0.4, 0.5) is 5.69 Å². The first-order valence-electron chi connectivity index (χ1n) is 8.02. The van der Waals surface area contributed by atoms with Crippen LogP contribution in [-0.4, -0.2) is 17.5 Å². The van der Waals surface area contributed by atoms with Gasteiger partial charge in [-0.25, -0.2) is 0 Å². The van der Waals surface area contributed by atoms with Gasteiger partial charge in [-0.15, -0.1) is 24.8 Å². The first-order valence-corrected chi connectivity index (χ1v) is 9.01. The minimum atomic E-state index is -0.202. The number of nitrogens with two attached hydrogens (primary N) is 1. The van der Waals surface area contributed by atoms with E-state index in [2.05, 4.69) is 71.8 Å². The average Bonchev–Trinajstić information content (AvgIpc) is 2.56. The predicted molar refractivity (Wildman–Crippen MR) is 116 cm³/mol. The largest absolute Gasteiger partial charge is 0.385 e. The second-order valence-electron chi connectivity index (χ2n) is 6.07. The molecule has 136 valence electrons. The molecule has 1 aliphatic rings. The third kappa shape index (κ3) is 5.84. The van der Waals surface area contributed by atoms with E-state index in [1.807, 2.05) is 0 Å². The van der Waals surface area contributed by atoms with Gasteiger partial charge in [0, 0.05) is 18.0 Å². The van der Waals surface area contributed by atoms with E-state index in [4.69, 9.17) is 5.73 Å². The average molecular weight is 398 g/mol. The summed E-state index contributed by atoms with van der Waals surface area (Å²) in [6, 6.07) is 19.1. The number of amidine groups is 1. The summed E-state index contributed by atoms with van der Waals surface area (Å²) in [6.45, 7) is 3.09. The van der Waals surface area contributed by atoms with Gasteiger partial charge in [0.15, 0.2) is 5.17 Å². The van der Waals surface area contributed by atoms with Crippen molar-refractivity contribution < 1.29 is 0 Å². The second-order valence-corrected chi connectivity index (χ2v) is 7.18. The maximum atomic E-state index is 5.93. The van der Waals surface area contributed by atoms with Gasteiger partial charge < -0.3 is 11.1 Å². The standard InChI is InChI=1S/C19H23N3S.2ClH/c1-19(11-13-23-18(20)22-19)16-8-5-9-17(14-16)21-12-10-15-6-3-2-4-7-15;;/h2-9,14,21H,10-13H2,1H3,(H2,20,22);2*1H. The molecule has 3 rings (SSSR count). The zero-order chi connectivity index (χ0) is 16.1. The molecule has 0 spiro atoms. The number of anilines is 1. The van der Waals surface area contributed by atoms with Crippen molar-refractivity contribution in [1.29, 1.82) is 0 Å². The van der Waals surface area contributed by atoms with E-state index in [9.17, 15) is 0 Å². The van der Waals surface area contributed by atoms with E-state index < -0.39 is 0 Å². The number of thioether (sulfide) groups is 1. The van der Waals surface area contributed by atoms with Crippen LogP contribution in [0.2, 0.25) is 0 Å². The molecule has 2 aromatic carbocycles. The van der Waals surface area contributed by atoms with Crippen LogP contribution in [0.1, 0.15) is 24.5 Å². The summed E-state index contributed by atoms with van der Waals surface area (Å²) >= 11 is 1.64. The van der Waals surface area contributed by atoms with E-state index in [-0.39, 0.29) is 30.4 Å². The molecule has 1 heterocycles. The van der Waals surface area contributed by atoms with Crippen molar-refractivity contribution in [2.45, 2.75) is 25.3 Å². The van der Waals surface area contributed by atoms with Crippen molar-refractivity contribution in [2.75, 3.05) is 17.6 Å². The number of aliphatic imine (C=N–C) groups is 1. The zero-order valence-corrected chi connectivity index (χ0v) is 16.7. The number of nitrogens with one attached hydrogen (secondary N) is 1. The molecule has 1 atom stereocenters. The van der Waals surface area contributed by atoms with Crippen molar-refractivity contribution in [3.8, 4) is 0 Å². The fraction of sp³-hybridized carbons (Fsp3) is 0.316. The van der Waals surface area contributed by atoms with Crippen LogP contribution in [0.3, 0.4) is 0 Å². The number of hydrogen-bond acceptors (Lipinski definition) is 4. The fourth-order valence-corrected chi connectivity index (χ4v) is 3.83. The molecule has 1 unspecified atom stereocenters. The molecule has 0 aliphatic carbocycles. The van der Waals surface area contributed by atoms with Gasteiger partial charge in [-0.2, -0.15) is 0 Å². The topological polar surface area (TPSA) is 50.4 Å². The van der Waals surface area contributed by atoms with Crippen LogP contribution in [0.25, 0.3) is 0 Å². The Morgan fingerprint density at radius 3 is 2.60 bits per heavy atom. The molecule has 3 nitrogen and oxygen atoms in total. The molecule has 0 saturated carbocycles.